The number of primary amides is 1. The maximum atomic E-state index is 12.5. The third kappa shape index (κ3) is 4.76. The van der Waals surface area contributed by atoms with Crippen LogP contribution in [0.3, 0.4) is 0 Å². The highest BCUT2D eigenvalue weighted by atomic mass is 35.5. The van der Waals surface area contributed by atoms with Gasteiger partial charge in [0.1, 0.15) is 15.8 Å². The third-order valence-corrected chi connectivity index (χ3v) is 9.18. The summed E-state index contributed by atoms with van der Waals surface area (Å²) in [5.74, 6) is 0.175. The van der Waals surface area contributed by atoms with Crippen LogP contribution in [-0.2, 0) is 16.3 Å². The van der Waals surface area contributed by atoms with Crippen LogP contribution in [0.2, 0.25) is 10.2 Å². The van der Waals surface area contributed by atoms with Crippen molar-refractivity contribution in [3.63, 3.8) is 0 Å². The van der Waals surface area contributed by atoms with E-state index in [-0.39, 0.29) is 11.0 Å². The molecule has 5 rings (SSSR count). The minimum atomic E-state index is -3.29. The minimum Gasteiger partial charge on any atom is -0.439 e. The molecule has 35 heavy (non-hydrogen) atoms. The van der Waals surface area contributed by atoms with Gasteiger partial charge in [-0.25, -0.2) is 13.4 Å². The molecule has 2 aromatic carbocycles. The summed E-state index contributed by atoms with van der Waals surface area (Å²) in [6, 6.07) is 14.0. The van der Waals surface area contributed by atoms with Crippen molar-refractivity contribution in [3.05, 3.63) is 74.7 Å². The number of sulfone groups is 1. The molecule has 6 nitrogen and oxygen atoms in total. The second-order valence-electron chi connectivity index (χ2n) is 8.50. The summed E-state index contributed by atoms with van der Waals surface area (Å²) in [7, 11) is -3.29. The molecule has 2 heterocycles. The number of carbonyl (C=O) groups is 1. The van der Waals surface area contributed by atoms with E-state index in [0.717, 1.165) is 34.1 Å². The number of halogens is 2. The molecular formula is C25H20Cl2N2O4S2. The fourth-order valence-corrected chi connectivity index (χ4v) is 7.27. The number of nitrogens with two attached hydrogens (primary N) is 1. The predicted molar refractivity (Wildman–Crippen MR) is 141 cm³/mol. The van der Waals surface area contributed by atoms with Gasteiger partial charge < -0.3 is 10.5 Å². The summed E-state index contributed by atoms with van der Waals surface area (Å²) in [4.78, 5) is 17.1. The number of pyridine rings is 1. The Bertz CT molecular complexity index is 1580. The minimum absolute atomic E-state index is 0.174. The number of ether oxygens (including phenoxy) is 1. The first-order valence-corrected chi connectivity index (χ1v) is 14.3. The zero-order valence-corrected chi connectivity index (χ0v) is 21.7. The molecule has 2 N–H and O–H groups in total. The van der Waals surface area contributed by atoms with E-state index in [0.29, 0.717) is 33.2 Å². The molecule has 0 aliphatic heterocycles. The van der Waals surface area contributed by atoms with Gasteiger partial charge in [0.15, 0.2) is 9.84 Å². The van der Waals surface area contributed by atoms with Crippen LogP contribution in [0.5, 0.6) is 11.6 Å². The summed E-state index contributed by atoms with van der Waals surface area (Å²) >= 11 is 13.6. The number of carbonyl (C=O) groups excluding carboxylic acids is 1. The van der Waals surface area contributed by atoms with Gasteiger partial charge in [0.25, 0.3) is 5.91 Å². The first-order chi connectivity index (χ1) is 16.6. The number of hydrogen-bond acceptors (Lipinski definition) is 6. The predicted octanol–water partition coefficient (Wildman–Crippen LogP) is 6.58. The van der Waals surface area contributed by atoms with Gasteiger partial charge in [-0.3, -0.25) is 4.79 Å². The normalized spacial score (nSPS) is 15.7. The van der Waals surface area contributed by atoms with Crippen molar-refractivity contribution in [2.45, 2.75) is 24.5 Å². The van der Waals surface area contributed by atoms with Crippen molar-refractivity contribution < 1.29 is 17.9 Å². The third-order valence-electron chi connectivity index (χ3n) is 6.05. The second kappa shape index (κ2) is 9.09. The van der Waals surface area contributed by atoms with E-state index in [9.17, 15) is 13.2 Å². The molecule has 180 valence electrons. The number of nitrogens with zero attached hydrogens (tertiary/aromatic N) is 1. The molecule has 0 saturated heterocycles. The van der Waals surface area contributed by atoms with E-state index >= 15 is 0 Å². The summed E-state index contributed by atoms with van der Waals surface area (Å²) in [5, 5.41) is 0.917. The average molecular weight is 547 g/mol. The summed E-state index contributed by atoms with van der Waals surface area (Å²) < 4.78 is 31.8. The molecule has 1 unspecified atom stereocenters. The van der Waals surface area contributed by atoms with Gasteiger partial charge in [0, 0.05) is 33.0 Å². The Balaban J connectivity index is 1.69. The van der Waals surface area contributed by atoms with Gasteiger partial charge in [-0.2, -0.15) is 0 Å². The Morgan fingerprint density at radius 1 is 1.14 bits per heavy atom. The molecule has 1 amide bonds. The van der Waals surface area contributed by atoms with Gasteiger partial charge >= 0.3 is 0 Å². The Labute approximate surface area is 216 Å². The highest BCUT2D eigenvalue weighted by molar-refractivity contribution is 7.90. The zero-order chi connectivity index (χ0) is 24.9. The molecule has 0 fully saturated rings. The number of thiophene rings is 1. The van der Waals surface area contributed by atoms with Crippen molar-refractivity contribution in [1.29, 1.82) is 0 Å². The fourth-order valence-electron chi connectivity index (χ4n) is 4.55. The Morgan fingerprint density at radius 3 is 2.57 bits per heavy atom. The number of benzene rings is 2. The number of fused-ring (bicyclic) bond motifs is 2. The molecule has 0 radical (unpaired) electrons. The largest absolute Gasteiger partial charge is 0.439 e. The van der Waals surface area contributed by atoms with Crippen LogP contribution in [0.15, 0.2) is 48.5 Å². The first kappa shape index (κ1) is 24.1. The zero-order valence-electron chi connectivity index (χ0n) is 18.5. The quantitative estimate of drug-likeness (QED) is 0.285. The topological polar surface area (TPSA) is 99.3 Å². The van der Waals surface area contributed by atoms with Crippen molar-refractivity contribution in [3.8, 4) is 22.8 Å². The summed E-state index contributed by atoms with van der Waals surface area (Å²) in [6.45, 7) is 0. The molecule has 0 saturated carbocycles. The lowest BCUT2D eigenvalue weighted by molar-refractivity contribution is 0.100. The molecule has 1 aliphatic rings. The highest BCUT2D eigenvalue weighted by Crippen LogP contribution is 2.45. The molecule has 4 aromatic rings. The average Bonchev–Trinajstić information content (AvgIpc) is 3.16. The molecule has 0 spiro atoms. The lowest BCUT2D eigenvalue weighted by Gasteiger charge is -2.24. The molecular weight excluding hydrogens is 527 g/mol. The van der Waals surface area contributed by atoms with E-state index in [2.05, 4.69) is 4.98 Å². The fraction of sp³-hybridized carbons (Fsp3) is 0.200. The second-order valence-corrected chi connectivity index (χ2v) is 12.6. The van der Waals surface area contributed by atoms with E-state index in [1.807, 2.05) is 12.1 Å². The van der Waals surface area contributed by atoms with Gasteiger partial charge in [0.05, 0.1) is 5.25 Å². The van der Waals surface area contributed by atoms with E-state index in [1.54, 1.807) is 36.4 Å². The lowest BCUT2D eigenvalue weighted by Crippen LogP contribution is -2.17. The van der Waals surface area contributed by atoms with E-state index in [1.165, 1.54) is 17.6 Å². The smallest absolute Gasteiger partial charge is 0.259 e. The van der Waals surface area contributed by atoms with Gasteiger partial charge in [-0.15, -0.1) is 11.3 Å². The first-order valence-electron chi connectivity index (χ1n) is 10.8. The maximum Gasteiger partial charge on any atom is 0.259 e. The Morgan fingerprint density at radius 2 is 1.89 bits per heavy atom. The van der Waals surface area contributed by atoms with E-state index in [4.69, 9.17) is 33.7 Å². The van der Waals surface area contributed by atoms with Gasteiger partial charge in [0.2, 0.25) is 5.88 Å². The van der Waals surface area contributed by atoms with Crippen LogP contribution >= 0.6 is 34.5 Å². The van der Waals surface area contributed by atoms with Gasteiger partial charge in [-0.1, -0.05) is 23.2 Å². The maximum absolute atomic E-state index is 12.5. The summed E-state index contributed by atoms with van der Waals surface area (Å²) in [6.07, 6.45) is 3.42. The van der Waals surface area contributed by atoms with Crippen molar-refractivity contribution >= 4 is 60.4 Å². The molecule has 0 bridgehead atoms. The monoisotopic (exact) mass is 546 g/mol. The van der Waals surface area contributed by atoms with Crippen LogP contribution in [0, 0.1) is 0 Å². The lowest BCUT2D eigenvalue weighted by atomic mass is 9.89. The molecule has 1 atom stereocenters. The number of aromatic nitrogens is 1. The number of hydrogen-bond donors (Lipinski definition) is 1. The standard InChI is InChI=1S/C25H20Cl2N2O4S2/c1-35(31,32)20-4-2-3-13-9-19-18(12-17(13)20)23(24(34-19)25(28)30)14-10-21(27)29-22(11-14)33-16-7-5-15(26)6-8-16/h5-12,20H,2-4H2,1H3,(H2,28,30). The molecule has 1 aliphatic carbocycles. The van der Waals surface area contributed by atoms with Crippen LogP contribution in [0.4, 0.5) is 0 Å². The van der Waals surface area contributed by atoms with Crippen LogP contribution < -0.4 is 10.5 Å². The van der Waals surface area contributed by atoms with Crippen molar-refractivity contribution in [1.82, 2.24) is 4.98 Å². The molecule has 2 aromatic heterocycles. The Hall–Kier alpha value is -2.65. The van der Waals surface area contributed by atoms with Crippen LogP contribution in [0.25, 0.3) is 21.2 Å². The SMILES string of the molecule is CS(=O)(=O)C1CCCc2cc3sc(C(N)=O)c(-c4cc(Cl)nc(Oc5ccc(Cl)cc5)c4)c3cc21. The van der Waals surface area contributed by atoms with Crippen molar-refractivity contribution in [2.24, 2.45) is 5.73 Å². The van der Waals surface area contributed by atoms with Crippen LogP contribution in [0.1, 0.15) is 38.9 Å². The van der Waals surface area contributed by atoms with Crippen molar-refractivity contribution in [2.75, 3.05) is 6.26 Å². The number of aryl methyl sites for hydroxylation is 1. The van der Waals surface area contributed by atoms with E-state index < -0.39 is 21.0 Å². The highest BCUT2D eigenvalue weighted by Gasteiger charge is 2.30. The number of amides is 1. The molecule has 10 heteroatoms. The summed E-state index contributed by atoms with van der Waals surface area (Å²) in [5.41, 5.74) is 8.71. The number of rotatable bonds is 5. The Kier molecular flexibility index (Phi) is 6.25. The van der Waals surface area contributed by atoms with Crippen LogP contribution in [-0.4, -0.2) is 25.6 Å². The van der Waals surface area contributed by atoms with Gasteiger partial charge in [-0.05, 0) is 78.4 Å².